The van der Waals surface area contributed by atoms with Gasteiger partial charge in [0.2, 0.25) is 0 Å². The predicted molar refractivity (Wildman–Crippen MR) is 94.1 cm³/mol. The number of aryl methyl sites for hydroxylation is 1. The van der Waals surface area contributed by atoms with E-state index >= 15 is 0 Å². The highest BCUT2D eigenvalue weighted by Crippen LogP contribution is 2.38. The quantitative estimate of drug-likeness (QED) is 0.831. The third-order valence-electron chi connectivity index (χ3n) is 5.32. The Morgan fingerprint density at radius 2 is 1.96 bits per heavy atom. The third kappa shape index (κ3) is 3.36. The van der Waals surface area contributed by atoms with E-state index in [2.05, 4.69) is 15.3 Å². The number of fused-ring (bicyclic) bond motifs is 2. The molecule has 2 aliphatic heterocycles. The first-order valence-corrected chi connectivity index (χ1v) is 8.93. The van der Waals surface area contributed by atoms with Crippen molar-refractivity contribution in [1.82, 2.24) is 14.9 Å². The molecule has 1 aromatic carbocycles. The molecule has 5 nitrogen and oxygen atoms in total. The van der Waals surface area contributed by atoms with Gasteiger partial charge in [-0.15, -0.1) is 0 Å². The molecule has 2 bridgehead atoms. The van der Waals surface area contributed by atoms with Crippen LogP contribution < -0.4 is 5.32 Å². The maximum absolute atomic E-state index is 12.9. The highest BCUT2D eigenvalue weighted by molar-refractivity contribution is 5.91. The minimum Gasteiger partial charge on any atom is -0.318 e. The second-order valence-electron chi connectivity index (χ2n) is 7.10. The molecule has 2 aromatic rings. The summed E-state index contributed by atoms with van der Waals surface area (Å²) in [6.07, 6.45) is 0.831. The number of nitrogens with zero attached hydrogens (tertiary/aromatic N) is 3. The topological polar surface area (TPSA) is 58.1 Å². The van der Waals surface area contributed by atoms with Crippen LogP contribution in [0.25, 0.3) is 11.4 Å². The number of carbonyl (C=O) groups is 1. The van der Waals surface area contributed by atoms with Crippen molar-refractivity contribution in [3.63, 3.8) is 0 Å². The van der Waals surface area contributed by atoms with Gasteiger partial charge in [-0.25, -0.2) is 14.8 Å². The fourth-order valence-electron chi connectivity index (χ4n) is 3.91. The molecular formula is C19H19F3N4O. The molecule has 4 rings (SSSR count). The third-order valence-corrected chi connectivity index (χ3v) is 5.32. The standard InChI is InChI=1S/C19H19F3N4O/c1-11-5-6-12(24-18(27)26-13-3-2-4-14(26)10-13)9-15(11)17-23-8-7-16(25-17)19(20,21)22/h5-9,13-14H,2-4,10H2,1H3,(H,24,27). The van der Waals surface area contributed by atoms with Crippen LogP contribution in [-0.2, 0) is 6.18 Å². The maximum Gasteiger partial charge on any atom is 0.433 e. The molecule has 8 heteroatoms. The van der Waals surface area contributed by atoms with Crippen LogP contribution in [0.1, 0.15) is 36.9 Å². The molecule has 0 spiro atoms. The number of halogens is 3. The molecular weight excluding hydrogens is 357 g/mol. The summed E-state index contributed by atoms with van der Waals surface area (Å²) in [4.78, 5) is 22.1. The monoisotopic (exact) mass is 376 g/mol. The van der Waals surface area contributed by atoms with E-state index in [1.807, 2.05) is 4.90 Å². The summed E-state index contributed by atoms with van der Waals surface area (Å²) in [5, 5.41) is 2.86. The minimum atomic E-state index is -4.54. The fourth-order valence-corrected chi connectivity index (χ4v) is 3.91. The lowest BCUT2D eigenvalue weighted by Gasteiger charge is -2.52. The molecule has 0 saturated carbocycles. The van der Waals surface area contributed by atoms with Crippen LogP contribution >= 0.6 is 0 Å². The summed E-state index contributed by atoms with van der Waals surface area (Å²) in [6.45, 7) is 1.77. The number of piperidine rings is 1. The van der Waals surface area contributed by atoms with E-state index in [0.717, 1.165) is 43.5 Å². The van der Waals surface area contributed by atoms with Crippen LogP contribution in [0.3, 0.4) is 0 Å². The van der Waals surface area contributed by atoms with E-state index in [1.54, 1.807) is 25.1 Å². The zero-order valence-corrected chi connectivity index (χ0v) is 14.8. The van der Waals surface area contributed by atoms with Crippen LogP contribution in [-0.4, -0.2) is 33.0 Å². The van der Waals surface area contributed by atoms with Gasteiger partial charge in [0.05, 0.1) is 0 Å². The van der Waals surface area contributed by atoms with Crippen molar-refractivity contribution < 1.29 is 18.0 Å². The number of rotatable bonds is 2. The Morgan fingerprint density at radius 1 is 1.22 bits per heavy atom. The van der Waals surface area contributed by atoms with Gasteiger partial charge in [-0.05, 0) is 56.4 Å². The number of aromatic nitrogens is 2. The number of hydrogen-bond donors (Lipinski definition) is 1. The van der Waals surface area contributed by atoms with Crippen molar-refractivity contribution in [1.29, 1.82) is 0 Å². The van der Waals surface area contributed by atoms with Crippen LogP contribution in [0.5, 0.6) is 0 Å². The molecule has 27 heavy (non-hydrogen) atoms. The first-order valence-electron chi connectivity index (χ1n) is 8.93. The SMILES string of the molecule is Cc1ccc(NC(=O)N2C3CCCC2C3)cc1-c1nccc(C(F)(F)F)n1. The molecule has 2 unspecified atom stereocenters. The van der Waals surface area contributed by atoms with Crippen molar-refractivity contribution >= 4 is 11.7 Å². The Hall–Kier alpha value is -2.64. The van der Waals surface area contributed by atoms with Gasteiger partial charge in [0.25, 0.3) is 0 Å². The second-order valence-corrected chi connectivity index (χ2v) is 7.10. The highest BCUT2D eigenvalue weighted by atomic mass is 19.4. The van der Waals surface area contributed by atoms with Crippen molar-refractivity contribution in [2.75, 3.05) is 5.32 Å². The number of urea groups is 1. The molecule has 2 aliphatic rings. The van der Waals surface area contributed by atoms with Crippen LogP contribution in [0.4, 0.5) is 23.7 Å². The Labute approximate surface area is 154 Å². The second kappa shape index (κ2) is 6.51. The molecule has 2 saturated heterocycles. The largest absolute Gasteiger partial charge is 0.433 e. The average Bonchev–Trinajstić information content (AvgIpc) is 2.63. The van der Waals surface area contributed by atoms with Crippen molar-refractivity contribution in [2.24, 2.45) is 0 Å². The molecule has 2 atom stereocenters. The minimum absolute atomic E-state index is 0.0146. The molecule has 3 heterocycles. The lowest BCUT2D eigenvalue weighted by molar-refractivity contribution is -0.141. The van der Waals surface area contributed by atoms with E-state index in [0.29, 0.717) is 23.3 Å². The van der Waals surface area contributed by atoms with Crippen LogP contribution in [0, 0.1) is 6.92 Å². The Balaban J connectivity index is 1.58. The van der Waals surface area contributed by atoms with Gasteiger partial charge in [0.15, 0.2) is 5.82 Å². The summed E-state index contributed by atoms with van der Waals surface area (Å²) in [7, 11) is 0. The predicted octanol–water partition coefficient (Wildman–Crippen LogP) is 4.63. The lowest BCUT2D eigenvalue weighted by Crippen LogP contribution is -2.62. The van der Waals surface area contributed by atoms with Gasteiger partial charge in [0.1, 0.15) is 5.69 Å². The van der Waals surface area contributed by atoms with Gasteiger partial charge in [-0.2, -0.15) is 13.2 Å². The van der Waals surface area contributed by atoms with Gasteiger partial charge in [-0.1, -0.05) is 6.07 Å². The van der Waals surface area contributed by atoms with Gasteiger partial charge >= 0.3 is 12.2 Å². The number of benzene rings is 1. The summed E-state index contributed by atoms with van der Waals surface area (Å²) in [5.74, 6) is -0.0146. The number of nitrogens with one attached hydrogen (secondary N) is 1. The zero-order chi connectivity index (χ0) is 19.2. The van der Waals surface area contributed by atoms with E-state index in [4.69, 9.17) is 0 Å². The number of alkyl halides is 3. The molecule has 142 valence electrons. The molecule has 2 fully saturated rings. The van der Waals surface area contributed by atoms with Crippen LogP contribution in [0.2, 0.25) is 0 Å². The van der Waals surface area contributed by atoms with E-state index < -0.39 is 11.9 Å². The molecule has 0 aliphatic carbocycles. The first kappa shape index (κ1) is 17.8. The summed E-state index contributed by atoms with van der Waals surface area (Å²) < 4.78 is 38.8. The van der Waals surface area contributed by atoms with Crippen molar-refractivity contribution in [2.45, 2.75) is 50.9 Å². The normalized spacial score (nSPS) is 21.6. The fraction of sp³-hybridized carbons (Fsp3) is 0.421. The first-order chi connectivity index (χ1) is 12.8. The van der Waals surface area contributed by atoms with Crippen molar-refractivity contribution in [3.8, 4) is 11.4 Å². The number of amides is 2. The number of hydrogen-bond acceptors (Lipinski definition) is 3. The Morgan fingerprint density at radius 3 is 2.63 bits per heavy atom. The van der Waals surface area contributed by atoms with Crippen LogP contribution in [0.15, 0.2) is 30.5 Å². The summed E-state index contributed by atoms with van der Waals surface area (Å²) >= 11 is 0. The Bertz CT molecular complexity index is 869. The smallest absolute Gasteiger partial charge is 0.318 e. The summed E-state index contributed by atoms with van der Waals surface area (Å²) in [6, 6.07) is 6.40. The van der Waals surface area contributed by atoms with E-state index in [9.17, 15) is 18.0 Å². The van der Waals surface area contributed by atoms with E-state index in [-0.39, 0.29) is 11.9 Å². The highest BCUT2D eigenvalue weighted by Gasteiger charge is 2.44. The molecule has 1 N–H and O–H groups in total. The van der Waals surface area contributed by atoms with Crippen molar-refractivity contribution in [3.05, 3.63) is 41.7 Å². The molecule has 1 aromatic heterocycles. The lowest BCUT2D eigenvalue weighted by atomic mass is 9.80. The maximum atomic E-state index is 12.9. The summed E-state index contributed by atoms with van der Waals surface area (Å²) in [5.41, 5.74) is 0.720. The zero-order valence-electron chi connectivity index (χ0n) is 14.8. The number of carbonyl (C=O) groups excluding carboxylic acids is 1. The average molecular weight is 376 g/mol. The number of anilines is 1. The van der Waals surface area contributed by atoms with Gasteiger partial charge in [-0.3, -0.25) is 0 Å². The van der Waals surface area contributed by atoms with Gasteiger partial charge < -0.3 is 10.2 Å². The van der Waals surface area contributed by atoms with Gasteiger partial charge in [0, 0.05) is 29.5 Å². The molecule has 2 amide bonds. The molecule has 0 radical (unpaired) electrons. The van der Waals surface area contributed by atoms with E-state index in [1.165, 1.54) is 0 Å². The Kier molecular flexibility index (Phi) is 4.28.